The molecule has 0 spiro atoms. The lowest BCUT2D eigenvalue weighted by molar-refractivity contribution is 0.0953. The Morgan fingerprint density at radius 1 is 1.11 bits per heavy atom. The summed E-state index contributed by atoms with van der Waals surface area (Å²) in [5.74, 6) is -0.196. The van der Waals surface area contributed by atoms with Crippen molar-refractivity contribution in [2.45, 2.75) is 10.1 Å². The van der Waals surface area contributed by atoms with E-state index in [0.29, 0.717) is 11.3 Å². The van der Waals surface area contributed by atoms with Gasteiger partial charge in [0.15, 0.2) is 9.84 Å². The van der Waals surface area contributed by atoms with Crippen LogP contribution in [0, 0.1) is 5.82 Å². The average Bonchev–Trinajstić information content (AvgIpc) is 3.22. The molecule has 3 aromatic rings. The molecule has 0 fully saturated rings. The highest BCUT2D eigenvalue weighted by Gasteiger charge is 2.32. The first-order chi connectivity index (χ1) is 13.4. The summed E-state index contributed by atoms with van der Waals surface area (Å²) in [5.41, 5.74) is 0.359. The van der Waals surface area contributed by atoms with Gasteiger partial charge in [-0.2, -0.15) is 0 Å². The van der Waals surface area contributed by atoms with Crippen LogP contribution in [0.4, 0.5) is 4.39 Å². The van der Waals surface area contributed by atoms with E-state index in [-0.39, 0.29) is 17.2 Å². The Morgan fingerprint density at radius 3 is 2.36 bits per heavy atom. The number of hydrogen-bond acceptors (Lipinski definition) is 5. The molecule has 0 aliphatic rings. The Bertz CT molecular complexity index is 1030. The minimum Gasteiger partial charge on any atom is -0.497 e. The molecule has 1 heterocycles. The molecule has 0 saturated heterocycles. The maximum absolute atomic E-state index is 13.2. The van der Waals surface area contributed by atoms with Crippen molar-refractivity contribution < 1.29 is 26.8 Å². The second kappa shape index (κ2) is 8.26. The first-order valence-corrected chi connectivity index (χ1v) is 9.91. The molecule has 0 saturated carbocycles. The molecule has 0 aliphatic heterocycles. The van der Waals surface area contributed by atoms with Gasteiger partial charge in [0.25, 0.3) is 5.91 Å². The van der Waals surface area contributed by atoms with E-state index in [0.717, 1.165) is 12.1 Å². The molecular formula is C20H18FNO5S. The fourth-order valence-electron chi connectivity index (χ4n) is 2.66. The summed E-state index contributed by atoms with van der Waals surface area (Å²) in [4.78, 5) is 12.3. The minimum atomic E-state index is -3.92. The fourth-order valence-corrected chi connectivity index (χ4v) is 4.24. The van der Waals surface area contributed by atoms with Gasteiger partial charge in [-0.3, -0.25) is 4.79 Å². The van der Waals surface area contributed by atoms with Gasteiger partial charge in [0.05, 0.1) is 18.3 Å². The molecule has 0 aliphatic carbocycles. The average molecular weight is 403 g/mol. The lowest BCUT2D eigenvalue weighted by Crippen LogP contribution is -2.31. The first-order valence-electron chi connectivity index (χ1n) is 8.37. The fraction of sp³-hybridized carbons (Fsp3) is 0.150. The maximum Gasteiger partial charge on any atom is 0.251 e. The van der Waals surface area contributed by atoms with Gasteiger partial charge in [-0.05, 0) is 60.7 Å². The number of furan rings is 1. The molecule has 8 heteroatoms. The number of ether oxygens (including phenoxy) is 1. The van der Waals surface area contributed by atoms with E-state index in [1.807, 2.05) is 0 Å². The number of halogens is 1. The van der Waals surface area contributed by atoms with Crippen LogP contribution < -0.4 is 10.1 Å². The van der Waals surface area contributed by atoms with E-state index >= 15 is 0 Å². The van der Waals surface area contributed by atoms with Gasteiger partial charge >= 0.3 is 0 Å². The van der Waals surface area contributed by atoms with Crippen molar-refractivity contribution in [3.05, 3.63) is 84.1 Å². The van der Waals surface area contributed by atoms with Gasteiger partial charge in [0.1, 0.15) is 22.6 Å². The Morgan fingerprint density at radius 2 is 1.79 bits per heavy atom. The number of carbonyl (C=O) groups excluding carboxylic acids is 1. The standard InChI is InChI=1S/C20H18FNO5S/c1-26-16-8-4-14(5-9-16)20(23)22-13-19(18-3-2-12-27-18)28(24,25)17-10-6-15(21)7-11-17/h2-12,19H,13H2,1H3,(H,22,23)/t19-/m1/s1. The van der Waals surface area contributed by atoms with E-state index in [9.17, 15) is 17.6 Å². The van der Waals surface area contributed by atoms with Crippen LogP contribution in [-0.4, -0.2) is 28.0 Å². The molecule has 146 valence electrons. The van der Waals surface area contributed by atoms with Gasteiger partial charge in [0, 0.05) is 12.1 Å². The molecule has 1 atom stereocenters. The molecule has 28 heavy (non-hydrogen) atoms. The third-order valence-corrected chi connectivity index (χ3v) is 6.25. The predicted octanol–water partition coefficient (Wildman–Crippen LogP) is 3.37. The van der Waals surface area contributed by atoms with Gasteiger partial charge in [0.2, 0.25) is 0 Å². The SMILES string of the molecule is COc1ccc(C(=O)NC[C@H](c2ccco2)S(=O)(=O)c2ccc(F)cc2)cc1. The normalized spacial score (nSPS) is 12.4. The van der Waals surface area contributed by atoms with Crippen LogP contribution in [0.2, 0.25) is 0 Å². The molecule has 1 amide bonds. The Hall–Kier alpha value is -3.13. The second-order valence-corrected chi connectivity index (χ2v) is 8.07. The van der Waals surface area contributed by atoms with Crippen molar-refractivity contribution in [3.8, 4) is 5.75 Å². The molecule has 1 aromatic heterocycles. The quantitative estimate of drug-likeness (QED) is 0.612. The molecule has 6 nitrogen and oxygen atoms in total. The topological polar surface area (TPSA) is 85.6 Å². The van der Waals surface area contributed by atoms with Crippen LogP contribution in [0.25, 0.3) is 0 Å². The van der Waals surface area contributed by atoms with Gasteiger partial charge in [-0.25, -0.2) is 12.8 Å². The summed E-state index contributed by atoms with van der Waals surface area (Å²) in [6.07, 6.45) is 1.35. The summed E-state index contributed by atoms with van der Waals surface area (Å²) in [6, 6.07) is 14.0. The number of rotatable bonds is 7. The number of amides is 1. The maximum atomic E-state index is 13.2. The van der Waals surface area contributed by atoms with Crippen LogP contribution in [0.15, 0.2) is 76.2 Å². The number of carbonyl (C=O) groups is 1. The number of sulfone groups is 1. The highest BCUT2D eigenvalue weighted by atomic mass is 32.2. The highest BCUT2D eigenvalue weighted by Crippen LogP contribution is 2.29. The molecule has 1 N–H and O–H groups in total. The lowest BCUT2D eigenvalue weighted by Gasteiger charge is -2.17. The van der Waals surface area contributed by atoms with Crippen molar-refractivity contribution in [3.63, 3.8) is 0 Å². The Labute approximate surface area is 161 Å². The molecule has 0 radical (unpaired) electrons. The molecular weight excluding hydrogens is 385 g/mol. The smallest absolute Gasteiger partial charge is 0.251 e. The van der Waals surface area contributed by atoms with Crippen molar-refractivity contribution in [1.82, 2.24) is 5.32 Å². The zero-order valence-electron chi connectivity index (χ0n) is 15.0. The van der Waals surface area contributed by atoms with Crippen LogP contribution >= 0.6 is 0 Å². The Balaban J connectivity index is 1.83. The molecule has 2 aromatic carbocycles. The van der Waals surface area contributed by atoms with Crippen molar-refractivity contribution in [2.75, 3.05) is 13.7 Å². The third kappa shape index (κ3) is 4.23. The number of methoxy groups -OCH3 is 1. The van der Waals surface area contributed by atoms with E-state index in [4.69, 9.17) is 9.15 Å². The van der Waals surface area contributed by atoms with E-state index in [2.05, 4.69) is 5.32 Å². The zero-order valence-corrected chi connectivity index (χ0v) is 15.8. The van der Waals surface area contributed by atoms with Crippen molar-refractivity contribution in [2.24, 2.45) is 0 Å². The van der Waals surface area contributed by atoms with Crippen LogP contribution in [0.3, 0.4) is 0 Å². The molecule has 3 rings (SSSR count). The lowest BCUT2D eigenvalue weighted by atomic mass is 10.2. The third-order valence-electron chi connectivity index (χ3n) is 4.18. The number of nitrogens with one attached hydrogen (secondary N) is 1. The van der Waals surface area contributed by atoms with Gasteiger partial charge < -0.3 is 14.5 Å². The summed E-state index contributed by atoms with van der Waals surface area (Å²) in [6.45, 7) is -0.210. The van der Waals surface area contributed by atoms with E-state index in [1.54, 1.807) is 30.3 Å². The summed E-state index contributed by atoms with van der Waals surface area (Å²) >= 11 is 0. The van der Waals surface area contributed by atoms with Crippen LogP contribution in [-0.2, 0) is 9.84 Å². The zero-order chi connectivity index (χ0) is 20.1. The molecule has 0 unspecified atom stereocenters. The number of benzene rings is 2. The van der Waals surface area contributed by atoms with Gasteiger partial charge in [-0.15, -0.1) is 0 Å². The summed E-state index contributed by atoms with van der Waals surface area (Å²) in [7, 11) is -2.41. The summed E-state index contributed by atoms with van der Waals surface area (Å²) in [5, 5.41) is 1.46. The van der Waals surface area contributed by atoms with E-state index < -0.39 is 26.8 Å². The number of hydrogen-bond donors (Lipinski definition) is 1. The van der Waals surface area contributed by atoms with Crippen LogP contribution in [0.5, 0.6) is 5.75 Å². The van der Waals surface area contributed by atoms with Crippen molar-refractivity contribution >= 4 is 15.7 Å². The minimum absolute atomic E-state index is 0.0611. The predicted molar refractivity (Wildman–Crippen MR) is 100 cm³/mol. The Kier molecular flexibility index (Phi) is 5.79. The molecule has 0 bridgehead atoms. The van der Waals surface area contributed by atoms with Crippen molar-refractivity contribution in [1.29, 1.82) is 0 Å². The van der Waals surface area contributed by atoms with E-state index in [1.165, 1.54) is 31.6 Å². The summed E-state index contributed by atoms with van der Waals surface area (Å²) < 4.78 is 49.5. The van der Waals surface area contributed by atoms with Crippen LogP contribution in [0.1, 0.15) is 21.4 Å². The highest BCUT2D eigenvalue weighted by molar-refractivity contribution is 7.91. The first kappa shape index (κ1) is 19.6. The second-order valence-electron chi connectivity index (χ2n) is 5.94. The monoisotopic (exact) mass is 403 g/mol. The van der Waals surface area contributed by atoms with Gasteiger partial charge in [-0.1, -0.05) is 0 Å². The largest absolute Gasteiger partial charge is 0.497 e.